The van der Waals surface area contributed by atoms with Crippen LogP contribution in [0.25, 0.3) is 0 Å². The van der Waals surface area contributed by atoms with Crippen LogP contribution in [0.5, 0.6) is 0 Å². The third-order valence-corrected chi connectivity index (χ3v) is 2.67. The van der Waals surface area contributed by atoms with E-state index in [0.717, 1.165) is 51.6 Å². The maximum atomic E-state index is 5.51. The predicted octanol–water partition coefficient (Wildman–Crippen LogP) is 1.41. The monoisotopic (exact) mass is 303 g/mol. The molecular formula is C15H33N3O3. The molecule has 0 fully saturated rings. The first-order valence-electron chi connectivity index (χ1n) is 8.01. The highest BCUT2D eigenvalue weighted by Gasteiger charge is 1.96. The first-order chi connectivity index (χ1) is 10.3. The number of nitrogens with one attached hydrogen (secondary N) is 2. The van der Waals surface area contributed by atoms with Crippen molar-refractivity contribution in [2.75, 3.05) is 59.8 Å². The van der Waals surface area contributed by atoms with Crippen molar-refractivity contribution >= 4 is 5.96 Å². The molecule has 0 amide bonds. The quantitative estimate of drug-likeness (QED) is 0.289. The Kier molecular flexibility index (Phi) is 16.5. The molecule has 0 atom stereocenters. The largest absolute Gasteiger partial charge is 0.382 e. The van der Waals surface area contributed by atoms with E-state index in [4.69, 9.17) is 14.2 Å². The first-order valence-corrected chi connectivity index (χ1v) is 8.01. The molecule has 0 spiro atoms. The lowest BCUT2D eigenvalue weighted by Gasteiger charge is -2.11. The first kappa shape index (κ1) is 20.1. The molecule has 0 saturated carbocycles. The van der Waals surface area contributed by atoms with Gasteiger partial charge in [-0.1, -0.05) is 13.3 Å². The zero-order valence-electron chi connectivity index (χ0n) is 14.0. The van der Waals surface area contributed by atoms with Gasteiger partial charge < -0.3 is 24.8 Å². The standard InChI is InChI=1S/C15H33N3O3/c1-4-6-10-20-11-7-8-17-15(16-5-2)18-9-12-21-14-13-19-3/h4-14H2,1-3H3,(H2,16,17,18). The van der Waals surface area contributed by atoms with Gasteiger partial charge in [0.1, 0.15) is 0 Å². The summed E-state index contributed by atoms with van der Waals surface area (Å²) >= 11 is 0. The number of unbranched alkanes of at least 4 members (excludes halogenated alkanes) is 1. The van der Waals surface area contributed by atoms with Crippen LogP contribution in [0, 0.1) is 0 Å². The van der Waals surface area contributed by atoms with Crippen molar-refractivity contribution in [1.29, 1.82) is 0 Å². The summed E-state index contributed by atoms with van der Waals surface area (Å²) in [7, 11) is 1.67. The smallest absolute Gasteiger partial charge is 0.191 e. The highest BCUT2D eigenvalue weighted by Crippen LogP contribution is 1.90. The van der Waals surface area contributed by atoms with Gasteiger partial charge in [0.25, 0.3) is 0 Å². The van der Waals surface area contributed by atoms with Crippen LogP contribution < -0.4 is 10.6 Å². The number of guanidine groups is 1. The highest BCUT2D eigenvalue weighted by molar-refractivity contribution is 5.79. The van der Waals surface area contributed by atoms with Gasteiger partial charge in [-0.25, -0.2) is 0 Å². The zero-order valence-corrected chi connectivity index (χ0v) is 14.0. The lowest BCUT2D eigenvalue weighted by atomic mass is 10.4. The molecule has 0 rings (SSSR count). The van der Waals surface area contributed by atoms with Crippen molar-refractivity contribution in [3.63, 3.8) is 0 Å². The molecule has 0 aliphatic heterocycles. The minimum Gasteiger partial charge on any atom is -0.382 e. The van der Waals surface area contributed by atoms with E-state index >= 15 is 0 Å². The SMILES string of the molecule is CCCCOCCCN=C(NCC)NCCOCCOC. The fraction of sp³-hybridized carbons (Fsp3) is 0.933. The molecule has 0 aromatic carbocycles. The van der Waals surface area contributed by atoms with Gasteiger partial charge in [-0.05, 0) is 19.8 Å². The van der Waals surface area contributed by atoms with E-state index in [1.54, 1.807) is 7.11 Å². The molecule has 0 saturated heterocycles. The summed E-state index contributed by atoms with van der Waals surface area (Å²) in [5, 5.41) is 6.45. The number of rotatable bonds is 14. The Hall–Kier alpha value is -0.850. The number of methoxy groups -OCH3 is 1. The molecule has 2 N–H and O–H groups in total. The van der Waals surface area contributed by atoms with Crippen LogP contribution in [0.2, 0.25) is 0 Å². The van der Waals surface area contributed by atoms with E-state index in [2.05, 4.69) is 29.5 Å². The van der Waals surface area contributed by atoms with Crippen LogP contribution in [0.3, 0.4) is 0 Å². The Morgan fingerprint density at radius 3 is 2.38 bits per heavy atom. The van der Waals surface area contributed by atoms with Gasteiger partial charge in [-0.2, -0.15) is 0 Å². The molecule has 6 nitrogen and oxygen atoms in total. The Morgan fingerprint density at radius 2 is 1.67 bits per heavy atom. The van der Waals surface area contributed by atoms with Gasteiger partial charge in [0.2, 0.25) is 0 Å². The lowest BCUT2D eigenvalue weighted by molar-refractivity contribution is 0.0733. The number of hydrogen-bond donors (Lipinski definition) is 2. The summed E-state index contributed by atoms with van der Waals surface area (Å²) in [6.07, 6.45) is 3.26. The number of aliphatic imine (C=N–C) groups is 1. The molecule has 0 heterocycles. The fourth-order valence-corrected chi connectivity index (χ4v) is 1.53. The minimum absolute atomic E-state index is 0.626. The van der Waals surface area contributed by atoms with E-state index < -0.39 is 0 Å². The van der Waals surface area contributed by atoms with Gasteiger partial charge in [-0.15, -0.1) is 0 Å². The normalized spacial score (nSPS) is 11.7. The average molecular weight is 303 g/mol. The van der Waals surface area contributed by atoms with E-state index in [-0.39, 0.29) is 0 Å². The minimum atomic E-state index is 0.626. The second kappa shape index (κ2) is 17.2. The molecule has 0 bridgehead atoms. The highest BCUT2D eigenvalue weighted by atomic mass is 16.5. The van der Waals surface area contributed by atoms with Crippen LogP contribution in [0.1, 0.15) is 33.1 Å². The molecule has 0 unspecified atom stereocenters. The summed E-state index contributed by atoms with van der Waals surface area (Å²) < 4.78 is 15.8. The second-order valence-electron chi connectivity index (χ2n) is 4.61. The van der Waals surface area contributed by atoms with E-state index in [9.17, 15) is 0 Å². The fourth-order valence-electron chi connectivity index (χ4n) is 1.53. The number of ether oxygens (including phenoxy) is 3. The van der Waals surface area contributed by atoms with Gasteiger partial charge in [0.05, 0.1) is 19.8 Å². The zero-order chi connectivity index (χ0) is 15.6. The molecular weight excluding hydrogens is 270 g/mol. The third kappa shape index (κ3) is 15.4. The Labute approximate surface area is 129 Å². The second-order valence-corrected chi connectivity index (χ2v) is 4.61. The molecule has 0 aliphatic carbocycles. The van der Waals surface area contributed by atoms with Crippen molar-refractivity contribution in [3.8, 4) is 0 Å². The summed E-state index contributed by atoms with van der Waals surface area (Å²) in [6.45, 7) is 10.1. The van der Waals surface area contributed by atoms with Gasteiger partial charge >= 0.3 is 0 Å². The van der Waals surface area contributed by atoms with Gasteiger partial charge in [0.15, 0.2) is 5.96 Å². The topological polar surface area (TPSA) is 64.1 Å². The van der Waals surface area contributed by atoms with Crippen molar-refractivity contribution in [2.45, 2.75) is 33.1 Å². The van der Waals surface area contributed by atoms with E-state index in [0.29, 0.717) is 19.8 Å². The van der Waals surface area contributed by atoms with Gasteiger partial charge in [-0.3, -0.25) is 4.99 Å². The maximum Gasteiger partial charge on any atom is 0.191 e. The van der Waals surface area contributed by atoms with Crippen LogP contribution in [0.15, 0.2) is 4.99 Å². The molecule has 21 heavy (non-hydrogen) atoms. The van der Waals surface area contributed by atoms with Crippen LogP contribution in [0.4, 0.5) is 0 Å². The predicted molar refractivity (Wildman–Crippen MR) is 87.0 cm³/mol. The van der Waals surface area contributed by atoms with Crippen molar-refractivity contribution in [1.82, 2.24) is 10.6 Å². The van der Waals surface area contributed by atoms with Gasteiger partial charge in [0, 0.05) is 40.0 Å². The van der Waals surface area contributed by atoms with Crippen LogP contribution in [-0.2, 0) is 14.2 Å². The van der Waals surface area contributed by atoms with Crippen molar-refractivity contribution < 1.29 is 14.2 Å². The van der Waals surface area contributed by atoms with E-state index in [1.807, 2.05) is 0 Å². The average Bonchev–Trinajstić information content (AvgIpc) is 2.49. The summed E-state index contributed by atoms with van der Waals surface area (Å²) in [5.74, 6) is 0.835. The molecule has 0 aliphatic rings. The lowest BCUT2D eigenvalue weighted by Crippen LogP contribution is -2.39. The van der Waals surface area contributed by atoms with Crippen LogP contribution >= 0.6 is 0 Å². The summed E-state index contributed by atoms with van der Waals surface area (Å²) in [5.41, 5.74) is 0. The molecule has 0 radical (unpaired) electrons. The van der Waals surface area contributed by atoms with Crippen molar-refractivity contribution in [2.24, 2.45) is 4.99 Å². The van der Waals surface area contributed by atoms with Crippen LogP contribution in [-0.4, -0.2) is 65.7 Å². The van der Waals surface area contributed by atoms with Crippen molar-refractivity contribution in [3.05, 3.63) is 0 Å². The Bertz CT molecular complexity index is 238. The van der Waals surface area contributed by atoms with E-state index in [1.165, 1.54) is 6.42 Å². The number of hydrogen-bond acceptors (Lipinski definition) is 4. The Balaban J connectivity index is 3.61. The Morgan fingerprint density at radius 1 is 0.905 bits per heavy atom. The summed E-state index contributed by atoms with van der Waals surface area (Å²) in [6, 6.07) is 0. The third-order valence-electron chi connectivity index (χ3n) is 2.67. The maximum absolute atomic E-state index is 5.51. The summed E-state index contributed by atoms with van der Waals surface area (Å²) in [4.78, 5) is 4.50. The number of nitrogens with zero attached hydrogens (tertiary/aromatic N) is 1. The molecule has 0 aromatic rings. The molecule has 0 aromatic heterocycles. The molecule has 6 heteroatoms. The molecule has 126 valence electrons.